The molecule has 2 saturated heterocycles. The number of nitrogens with zero attached hydrogens (tertiary/aromatic N) is 2. The van der Waals surface area contributed by atoms with Crippen molar-refractivity contribution in [1.82, 2.24) is 9.62 Å². The molecule has 2 aliphatic heterocycles. The molecule has 1 N–H and O–H groups in total. The first-order chi connectivity index (χ1) is 12.4. The first-order valence-corrected chi connectivity index (χ1v) is 10.9. The monoisotopic (exact) mass is 393 g/mol. The molecule has 1 aromatic rings. The molecule has 6 nitrogen and oxygen atoms in total. The number of rotatable bonds is 2. The van der Waals surface area contributed by atoms with E-state index in [1.165, 1.54) is 0 Å². The molecule has 0 radical (unpaired) electrons. The van der Waals surface area contributed by atoms with Gasteiger partial charge in [-0.2, -0.15) is 0 Å². The fourth-order valence-electron chi connectivity index (χ4n) is 4.06. The minimum absolute atomic E-state index is 0.0737. The van der Waals surface area contributed by atoms with Crippen LogP contribution >= 0.6 is 0 Å². The van der Waals surface area contributed by atoms with Crippen LogP contribution in [-0.4, -0.2) is 50.6 Å². The van der Waals surface area contributed by atoms with E-state index >= 15 is 0 Å². The maximum Gasteiger partial charge on any atom is 0.246 e. The Bertz CT molecular complexity index is 802. The Balaban J connectivity index is 1.77. The minimum Gasteiger partial charge on any atom is -0.471 e. The van der Waals surface area contributed by atoms with E-state index in [1.807, 2.05) is 24.3 Å². The van der Waals surface area contributed by atoms with Gasteiger partial charge in [0, 0.05) is 37.4 Å². The normalized spacial score (nSPS) is 25.6. The highest BCUT2D eigenvalue weighted by Gasteiger charge is 2.47. The smallest absolute Gasteiger partial charge is 0.246 e. The van der Waals surface area contributed by atoms with Crippen LogP contribution in [0.5, 0.6) is 0 Å². The molecule has 1 unspecified atom stereocenters. The van der Waals surface area contributed by atoms with Crippen LogP contribution in [-0.2, 0) is 14.8 Å². The van der Waals surface area contributed by atoms with E-state index in [-0.39, 0.29) is 11.4 Å². The van der Waals surface area contributed by atoms with E-state index in [2.05, 4.69) is 41.9 Å². The van der Waals surface area contributed by atoms with Crippen molar-refractivity contribution in [3.8, 4) is 0 Å². The third kappa shape index (κ3) is 4.09. The number of anilines is 1. The number of hydrogen-bond acceptors (Lipinski definition) is 5. The predicted molar refractivity (Wildman–Crippen MR) is 109 cm³/mol. The van der Waals surface area contributed by atoms with Crippen molar-refractivity contribution in [2.75, 3.05) is 31.1 Å². The van der Waals surface area contributed by atoms with E-state index in [9.17, 15) is 8.42 Å². The van der Waals surface area contributed by atoms with Gasteiger partial charge in [-0.05, 0) is 58.9 Å². The molecule has 150 valence electrons. The van der Waals surface area contributed by atoms with Gasteiger partial charge in [0.1, 0.15) is 10.9 Å². The number of ether oxygens (including phenoxy) is 1. The summed E-state index contributed by atoms with van der Waals surface area (Å²) < 4.78 is 33.4. The van der Waals surface area contributed by atoms with Gasteiger partial charge in [0.25, 0.3) is 0 Å². The average molecular weight is 394 g/mol. The Kier molecular flexibility index (Phi) is 4.97. The number of sulfonamides is 1. The Labute approximate surface area is 163 Å². The highest BCUT2D eigenvalue weighted by Crippen LogP contribution is 2.40. The summed E-state index contributed by atoms with van der Waals surface area (Å²) in [5, 5.41) is -0.790. The van der Waals surface area contributed by atoms with Gasteiger partial charge in [0.05, 0.1) is 0 Å². The van der Waals surface area contributed by atoms with Gasteiger partial charge >= 0.3 is 0 Å². The summed E-state index contributed by atoms with van der Waals surface area (Å²) >= 11 is 0. The van der Waals surface area contributed by atoms with Crippen molar-refractivity contribution < 1.29 is 13.2 Å². The Morgan fingerprint density at radius 1 is 1.11 bits per heavy atom. The van der Waals surface area contributed by atoms with Gasteiger partial charge in [-0.1, -0.05) is 12.1 Å². The average Bonchev–Trinajstić information content (AvgIpc) is 2.52. The zero-order valence-corrected chi connectivity index (χ0v) is 17.8. The van der Waals surface area contributed by atoms with Crippen molar-refractivity contribution in [2.24, 2.45) is 0 Å². The molecule has 2 aliphatic rings. The first kappa shape index (κ1) is 20.0. The number of benzene rings is 1. The second-order valence-corrected chi connectivity index (χ2v) is 10.7. The van der Waals surface area contributed by atoms with Gasteiger partial charge in [-0.15, -0.1) is 0 Å². The van der Waals surface area contributed by atoms with Crippen LogP contribution in [0, 0.1) is 0 Å². The zero-order chi connectivity index (χ0) is 20.0. The molecule has 0 saturated carbocycles. The maximum absolute atomic E-state index is 12.7. The molecule has 3 rings (SSSR count). The molecule has 2 fully saturated rings. The standard InChI is InChI=1S/C20H31N3O3S/c1-15-21-27(24,25)18(20(5,6)26-15)16-7-9-17(10-8-16)22-11-13-23(14-12-22)19(2,3)4/h7-10,18,21H,1,11-14H2,2-6H3. The highest BCUT2D eigenvalue weighted by molar-refractivity contribution is 7.90. The largest absolute Gasteiger partial charge is 0.471 e. The van der Waals surface area contributed by atoms with Crippen molar-refractivity contribution in [3.63, 3.8) is 0 Å². The highest BCUT2D eigenvalue weighted by atomic mass is 32.2. The lowest BCUT2D eigenvalue weighted by atomic mass is 9.97. The lowest BCUT2D eigenvalue weighted by Gasteiger charge is -2.43. The van der Waals surface area contributed by atoms with E-state index < -0.39 is 20.9 Å². The molecular formula is C20H31N3O3S. The molecular weight excluding hydrogens is 362 g/mol. The van der Waals surface area contributed by atoms with E-state index in [4.69, 9.17) is 4.74 Å². The van der Waals surface area contributed by atoms with Crippen molar-refractivity contribution in [2.45, 2.75) is 51.0 Å². The van der Waals surface area contributed by atoms with Gasteiger partial charge in [0.15, 0.2) is 5.88 Å². The minimum atomic E-state index is -3.59. The third-order valence-electron chi connectivity index (χ3n) is 5.37. The Hall–Kier alpha value is -1.73. The fraction of sp³-hybridized carbons (Fsp3) is 0.600. The quantitative estimate of drug-likeness (QED) is 0.837. The second-order valence-electron chi connectivity index (χ2n) is 8.89. The van der Waals surface area contributed by atoms with Gasteiger partial charge in [-0.3, -0.25) is 9.62 Å². The molecule has 0 amide bonds. The van der Waals surface area contributed by atoms with Gasteiger partial charge in [0.2, 0.25) is 10.0 Å². The third-order valence-corrected chi connectivity index (χ3v) is 7.35. The molecule has 0 aliphatic carbocycles. The SMILES string of the molecule is C=C1NS(=O)(=O)C(c2ccc(N3CCN(C(C)(C)C)CC3)cc2)C(C)(C)O1. The lowest BCUT2D eigenvalue weighted by Crippen LogP contribution is -2.53. The van der Waals surface area contributed by atoms with E-state index in [0.29, 0.717) is 0 Å². The maximum atomic E-state index is 12.7. The van der Waals surface area contributed by atoms with Crippen LogP contribution < -0.4 is 9.62 Å². The molecule has 1 aromatic carbocycles. The summed E-state index contributed by atoms with van der Waals surface area (Å²) in [6.07, 6.45) is 0. The van der Waals surface area contributed by atoms with Crippen LogP contribution in [0.3, 0.4) is 0 Å². The number of piperazine rings is 1. The summed E-state index contributed by atoms with van der Waals surface area (Å²) in [4.78, 5) is 4.84. The van der Waals surface area contributed by atoms with Crippen LogP contribution in [0.4, 0.5) is 5.69 Å². The first-order valence-electron chi connectivity index (χ1n) is 9.40. The van der Waals surface area contributed by atoms with Crippen LogP contribution in [0.2, 0.25) is 0 Å². The summed E-state index contributed by atoms with van der Waals surface area (Å²) in [7, 11) is -3.59. The topological polar surface area (TPSA) is 61.9 Å². The van der Waals surface area contributed by atoms with Crippen LogP contribution in [0.25, 0.3) is 0 Å². The molecule has 27 heavy (non-hydrogen) atoms. The van der Waals surface area contributed by atoms with Crippen molar-refractivity contribution >= 4 is 15.7 Å². The van der Waals surface area contributed by atoms with E-state index in [1.54, 1.807) is 13.8 Å². The lowest BCUT2D eigenvalue weighted by molar-refractivity contribution is 0.0156. The second kappa shape index (κ2) is 6.71. The molecule has 7 heteroatoms. The van der Waals surface area contributed by atoms with E-state index in [0.717, 1.165) is 37.4 Å². The summed E-state index contributed by atoms with van der Waals surface area (Å²) in [5.74, 6) is 0.0737. The van der Waals surface area contributed by atoms with Crippen molar-refractivity contribution in [1.29, 1.82) is 0 Å². The Morgan fingerprint density at radius 3 is 2.15 bits per heavy atom. The molecule has 2 heterocycles. The van der Waals surface area contributed by atoms with Crippen molar-refractivity contribution in [3.05, 3.63) is 42.3 Å². The molecule has 1 atom stereocenters. The number of hydrogen-bond donors (Lipinski definition) is 1. The predicted octanol–water partition coefficient (Wildman–Crippen LogP) is 2.85. The fourth-order valence-corrected chi connectivity index (χ4v) is 5.85. The Morgan fingerprint density at radius 2 is 1.67 bits per heavy atom. The summed E-state index contributed by atoms with van der Waals surface area (Å²) in [6, 6.07) is 7.82. The molecule has 0 aromatic heterocycles. The molecule has 0 bridgehead atoms. The number of nitrogens with one attached hydrogen (secondary N) is 1. The zero-order valence-electron chi connectivity index (χ0n) is 16.9. The van der Waals surface area contributed by atoms with Gasteiger partial charge < -0.3 is 9.64 Å². The summed E-state index contributed by atoms with van der Waals surface area (Å²) in [5.41, 5.74) is 1.14. The van der Waals surface area contributed by atoms with Gasteiger partial charge in [-0.25, -0.2) is 8.42 Å². The molecule has 0 spiro atoms. The summed E-state index contributed by atoms with van der Waals surface area (Å²) in [6.45, 7) is 17.9. The van der Waals surface area contributed by atoms with Crippen LogP contribution in [0.15, 0.2) is 36.7 Å². The van der Waals surface area contributed by atoms with Crippen LogP contribution in [0.1, 0.15) is 45.4 Å².